The molecule has 0 aliphatic heterocycles. The van der Waals surface area contributed by atoms with E-state index in [0.29, 0.717) is 22.6 Å². The van der Waals surface area contributed by atoms with E-state index < -0.39 is 18.0 Å². The molecule has 1 amide bonds. The Kier molecular flexibility index (Phi) is 5.44. The Morgan fingerprint density at radius 1 is 1.04 bits per heavy atom. The molecule has 0 saturated heterocycles. The van der Waals surface area contributed by atoms with Crippen LogP contribution in [0.5, 0.6) is 0 Å². The van der Waals surface area contributed by atoms with Gasteiger partial charge in [-0.2, -0.15) is 5.10 Å². The molecule has 7 heteroatoms. The second-order valence-corrected chi connectivity index (χ2v) is 5.64. The minimum absolute atomic E-state index is 0.154. The highest BCUT2D eigenvalue weighted by Gasteiger charge is 2.16. The van der Waals surface area contributed by atoms with Crippen LogP contribution in [0, 0.1) is 0 Å². The Bertz CT molecular complexity index is 979. The van der Waals surface area contributed by atoms with E-state index in [1.54, 1.807) is 54.6 Å². The third-order valence-corrected chi connectivity index (χ3v) is 3.75. The van der Waals surface area contributed by atoms with Crippen molar-refractivity contribution < 1.29 is 24.2 Å². The first kappa shape index (κ1) is 18.1. The number of hydrazone groups is 1. The number of carbonyl (C=O) groups is 2. The van der Waals surface area contributed by atoms with Gasteiger partial charge in [-0.05, 0) is 29.8 Å². The largest absolute Gasteiger partial charge is 0.478 e. The van der Waals surface area contributed by atoms with Crippen LogP contribution in [-0.2, 0) is 4.79 Å². The Labute approximate surface area is 154 Å². The minimum atomic E-state index is -1.32. The molecule has 1 unspecified atom stereocenters. The maximum Gasteiger partial charge on any atom is 0.335 e. The maximum atomic E-state index is 11.9. The summed E-state index contributed by atoms with van der Waals surface area (Å²) in [5, 5.41) is 22.8. The fraction of sp³-hybridized carbons (Fsp3) is 0.0500. The molecule has 27 heavy (non-hydrogen) atoms. The van der Waals surface area contributed by atoms with Gasteiger partial charge in [-0.25, -0.2) is 10.2 Å². The number of furan rings is 1. The summed E-state index contributed by atoms with van der Waals surface area (Å²) in [4.78, 5) is 22.9. The van der Waals surface area contributed by atoms with Gasteiger partial charge in [0, 0.05) is 5.56 Å². The van der Waals surface area contributed by atoms with Crippen molar-refractivity contribution in [1.29, 1.82) is 0 Å². The number of carboxylic acid groups (broad SMARTS) is 1. The van der Waals surface area contributed by atoms with Crippen LogP contribution in [0.3, 0.4) is 0 Å². The van der Waals surface area contributed by atoms with E-state index in [4.69, 9.17) is 9.52 Å². The smallest absolute Gasteiger partial charge is 0.335 e. The molecule has 0 spiro atoms. The van der Waals surface area contributed by atoms with Crippen LogP contribution in [0.15, 0.2) is 76.2 Å². The second-order valence-electron chi connectivity index (χ2n) is 5.64. The summed E-state index contributed by atoms with van der Waals surface area (Å²) in [5.41, 5.74) is 3.47. The lowest BCUT2D eigenvalue weighted by Crippen LogP contribution is -2.25. The second kappa shape index (κ2) is 8.11. The summed E-state index contributed by atoms with van der Waals surface area (Å²) in [5.74, 6) is -0.862. The van der Waals surface area contributed by atoms with Gasteiger partial charge in [-0.3, -0.25) is 4.79 Å². The first-order valence-corrected chi connectivity index (χ1v) is 8.04. The van der Waals surface area contributed by atoms with Gasteiger partial charge in [0.15, 0.2) is 6.10 Å². The molecular formula is C20H16N2O5. The molecule has 3 N–H and O–H groups in total. The Morgan fingerprint density at radius 2 is 1.81 bits per heavy atom. The molecule has 0 aliphatic carbocycles. The average molecular weight is 364 g/mol. The number of rotatable bonds is 6. The number of carbonyl (C=O) groups excluding carboxylic acids is 1. The summed E-state index contributed by atoms with van der Waals surface area (Å²) in [6.45, 7) is 0. The zero-order chi connectivity index (χ0) is 19.2. The van der Waals surface area contributed by atoms with Crippen molar-refractivity contribution in [2.75, 3.05) is 0 Å². The standard InChI is InChI=1S/C20H16N2O5/c23-18(13-5-2-1-3-6-13)19(24)22-21-12-16-9-10-17(27-16)14-7-4-8-15(11-14)20(25)26/h1-12,18,23H,(H,22,24)(H,25,26)/b21-12+. The average Bonchev–Trinajstić information content (AvgIpc) is 3.17. The molecule has 0 saturated carbocycles. The van der Waals surface area contributed by atoms with Crippen molar-refractivity contribution in [2.45, 2.75) is 6.10 Å². The molecule has 0 aliphatic rings. The van der Waals surface area contributed by atoms with Crippen LogP contribution in [0.25, 0.3) is 11.3 Å². The van der Waals surface area contributed by atoms with Gasteiger partial charge in [0.05, 0.1) is 11.8 Å². The summed E-state index contributed by atoms with van der Waals surface area (Å²) in [6.07, 6.45) is -0.0329. The van der Waals surface area contributed by atoms with Gasteiger partial charge in [0.25, 0.3) is 5.91 Å². The lowest BCUT2D eigenvalue weighted by molar-refractivity contribution is -0.129. The molecule has 2 aromatic carbocycles. The first-order chi connectivity index (χ1) is 13.0. The van der Waals surface area contributed by atoms with Crippen LogP contribution in [0.2, 0.25) is 0 Å². The molecule has 1 atom stereocenters. The summed E-state index contributed by atoms with van der Waals surface area (Å²) < 4.78 is 5.58. The van der Waals surface area contributed by atoms with Gasteiger partial charge in [0.2, 0.25) is 0 Å². The number of amides is 1. The van der Waals surface area contributed by atoms with Gasteiger partial charge < -0.3 is 14.6 Å². The van der Waals surface area contributed by atoms with Crippen molar-refractivity contribution in [1.82, 2.24) is 5.43 Å². The van der Waals surface area contributed by atoms with Gasteiger partial charge in [0.1, 0.15) is 11.5 Å². The molecule has 7 nitrogen and oxygen atoms in total. The van der Waals surface area contributed by atoms with Crippen LogP contribution in [-0.4, -0.2) is 28.3 Å². The van der Waals surface area contributed by atoms with Crippen molar-refractivity contribution in [3.05, 3.63) is 83.6 Å². The van der Waals surface area contributed by atoms with E-state index in [9.17, 15) is 14.7 Å². The number of carboxylic acids is 1. The molecular weight excluding hydrogens is 348 g/mol. The molecule has 136 valence electrons. The maximum absolute atomic E-state index is 11.9. The van der Waals surface area contributed by atoms with Crippen molar-refractivity contribution in [2.24, 2.45) is 5.10 Å². The SMILES string of the molecule is O=C(O)c1cccc(-c2ccc(/C=N/NC(=O)C(O)c3ccccc3)o2)c1. The zero-order valence-electron chi connectivity index (χ0n) is 14.1. The highest BCUT2D eigenvalue weighted by atomic mass is 16.4. The van der Waals surface area contributed by atoms with E-state index in [0.717, 1.165) is 0 Å². The predicted molar refractivity (Wildman–Crippen MR) is 98.2 cm³/mol. The van der Waals surface area contributed by atoms with E-state index in [-0.39, 0.29) is 5.56 Å². The Balaban J connectivity index is 1.64. The summed E-state index contributed by atoms with van der Waals surface area (Å²) >= 11 is 0. The monoisotopic (exact) mass is 364 g/mol. The van der Waals surface area contributed by atoms with E-state index in [2.05, 4.69) is 10.5 Å². The van der Waals surface area contributed by atoms with Crippen molar-refractivity contribution in [3.8, 4) is 11.3 Å². The molecule has 3 aromatic rings. The van der Waals surface area contributed by atoms with Crippen LogP contribution >= 0.6 is 0 Å². The number of nitrogens with one attached hydrogen (secondary N) is 1. The molecule has 1 aromatic heterocycles. The molecule has 1 heterocycles. The zero-order valence-corrected chi connectivity index (χ0v) is 14.1. The van der Waals surface area contributed by atoms with Gasteiger partial charge in [-0.15, -0.1) is 0 Å². The van der Waals surface area contributed by atoms with Gasteiger partial charge >= 0.3 is 5.97 Å². The van der Waals surface area contributed by atoms with Crippen molar-refractivity contribution in [3.63, 3.8) is 0 Å². The number of aliphatic hydroxyl groups excluding tert-OH is 1. The first-order valence-electron chi connectivity index (χ1n) is 8.04. The number of benzene rings is 2. The third kappa shape index (κ3) is 4.47. The van der Waals surface area contributed by atoms with E-state index >= 15 is 0 Å². The molecule has 3 rings (SSSR count). The lowest BCUT2D eigenvalue weighted by Gasteiger charge is -2.08. The van der Waals surface area contributed by atoms with Crippen LogP contribution < -0.4 is 5.43 Å². The van der Waals surface area contributed by atoms with Crippen LogP contribution in [0.4, 0.5) is 0 Å². The summed E-state index contributed by atoms with van der Waals surface area (Å²) in [6, 6.07) is 18.1. The topological polar surface area (TPSA) is 112 Å². The highest BCUT2D eigenvalue weighted by Crippen LogP contribution is 2.22. The normalized spacial score (nSPS) is 12.0. The highest BCUT2D eigenvalue weighted by molar-refractivity contribution is 5.89. The van der Waals surface area contributed by atoms with E-state index in [1.807, 2.05) is 0 Å². The van der Waals surface area contributed by atoms with Crippen LogP contribution in [0.1, 0.15) is 27.8 Å². The Morgan fingerprint density at radius 3 is 2.56 bits per heavy atom. The number of hydrogen-bond donors (Lipinski definition) is 3. The quantitative estimate of drug-likeness (QED) is 0.460. The Hall–Kier alpha value is -3.71. The predicted octanol–water partition coefficient (Wildman–Crippen LogP) is 2.83. The fourth-order valence-corrected chi connectivity index (χ4v) is 2.39. The third-order valence-electron chi connectivity index (χ3n) is 3.75. The molecule has 0 bridgehead atoms. The number of aromatic carboxylic acids is 1. The number of hydrogen-bond acceptors (Lipinski definition) is 5. The molecule has 0 radical (unpaired) electrons. The lowest BCUT2D eigenvalue weighted by atomic mass is 10.1. The van der Waals surface area contributed by atoms with Crippen molar-refractivity contribution >= 4 is 18.1 Å². The number of nitrogens with zero attached hydrogens (tertiary/aromatic N) is 1. The van der Waals surface area contributed by atoms with Gasteiger partial charge in [-0.1, -0.05) is 42.5 Å². The summed E-state index contributed by atoms with van der Waals surface area (Å²) in [7, 11) is 0. The minimum Gasteiger partial charge on any atom is -0.478 e. The molecule has 0 fully saturated rings. The fourth-order valence-electron chi connectivity index (χ4n) is 2.39. The van der Waals surface area contributed by atoms with E-state index in [1.165, 1.54) is 18.3 Å². The number of aliphatic hydroxyl groups is 1.